The fourth-order valence-corrected chi connectivity index (χ4v) is 1.09. The van der Waals surface area contributed by atoms with Crippen LogP contribution < -0.4 is 6.15 Å². The Morgan fingerprint density at radius 3 is 0.643 bits per heavy atom. The standard InChI is InChI=1S/6CN.Fe.H3N/c6*1-2;;/h;;;;;;;1H3/q;;;;;;-1;/p+1. The third-order valence-electron chi connectivity index (χ3n) is 1.19. The van der Waals surface area contributed by atoms with Crippen LogP contribution in [0.15, 0.2) is 0 Å². The molecule has 0 atom stereocenters. The first-order valence-corrected chi connectivity index (χ1v) is 5.71. The largest absolute Gasteiger partial charge is 0.369 e. The number of nitriles is 6. The van der Waals surface area contributed by atoms with E-state index in [1.54, 1.807) is 0 Å². The van der Waals surface area contributed by atoms with Gasteiger partial charge in [-0.1, -0.05) is 0 Å². The van der Waals surface area contributed by atoms with E-state index in [2.05, 4.69) is 0 Å². The molecule has 0 heterocycles. The zero-order valence-corrected chi connectivity index (χ0v) is 8.14. The van der Waals surface area contributed by atoms with Crippen molar-refractivity contribution in [2.45, 2.75) is 0 Å². The maximum atomic E-state index is 8.58. The van der Waals surface area contributed by atoms with Gasteiger partial charge in [0.25, 0.3) is 0 Å². The summed E-state index contributed by atoms with van der Waals surface area (Å²) in [7, 11) is -6.17. The predicted molar refractivity (Wildman–Crippen MR) is 39.7 cm³/mol. The van der Waals surface area contributed by atoms with Crippen LogP contribution in [-0.2, 0) is 10.7 Å². The van der Waals surface area contributed by atoms with Gasteiger partial charge in [-0.3, -0.25) is 0 Å². The summed E-state index contributed by atoms with van der Waals surface area (Å²) >= 11 is 0. The maximum Gasteiger partial charge on any atom is -0.369 e. The van der Waals surface area contributed by atoms with Gasteiger partial charge in [0.1, 0.15) is 0 Å². The van der Waals surface area contributed by atoms with Crippen LogP contribution >= 0.6 is 0 Å². The quantitative estimate of drug-likeness (QED) is 0.590. The molecule has 71 valence electrons. The third kappa shape index (κ3) is 0.888. The van der Waals surface area contributed by atoms with E-state index in [4.69, 9.17) is 31.6 Å². The Balaban J connectivity index is 0. The van der Waals surface area contributed by atoms with E-state index in [9.17, 15) is 0 Å². The van der Waals surface area contributed by atoms with Crippen LogP contribution in [0.3, 0.4) is 0 Å². The molecule has 0 aliphatic rings. The van der Waals surface area contributed by atoms with E-state index in [1.807, 2.05) is 0 Å². The average molecular weight is 230 g/mol. The van der Waals surface area contributed by atoms with Crippen molar-refractivity contribution in [1.29, 1.82) is 31.6 Å². The van der Waals surface area contributed by atoms with Gasteiger partial charge >= 0.3 is 72.1 Å². The number of nitrogens with zero attached hydrogens (tertiary/aromatic N) is 6. The van der Waals surface area contributed by atoms with Crippen molar-refractivity contribution in [3.63, 3.8) is 0 Å². The van der Waals surface area contributed by atoms with Gasteiger partial charge in [-0.2, -0.15) is 0 Å². The summed E-state index contributed by atoms with van der Waals surface area (Å²) in [6, 6.07) is 0. The molecule has 4 N–H and O–H groups in total. The third-order valence-corrected chi connectivity index (χ3v) is 4.89. The van der Waals surface area contributed by atoms with Gasteiger partial charge in [-0.15, -0.1) is 0 Å². The van der Waals surface area contributed by atoms with Crippen LogP contribution in [0.4, 0.5) is 0 Å². The molecule has 0 unspecified atom stereocenters. The molecule has 0 saturated heterocycles. The van der Waals surface area contributed by atoms with Crippen molar-refractivity contribution in [3.8, 4) is 29.8 Å². The molecule has 0 amide bonds. The molecule has 0 aromatic rings. The van der Waals surface area contributed by atoms with Crippen molar-refractivity contribution in [2.24, 2.45) is 0 Å². The molecule has 0 spiro atoms. The first kappa shape index (κ1) is 14.0. The van der Waals surface area contributed by atoms with E-state index in [0.29, 0.717) is 0 Å². The van der Waals surface area contributed by atoms with E-state index < -0.39 is 10.7 Å². The predicted octanol–water partition coefficient (Wildman–Crippen LogP) is 0.474. The first-order chi connectivity index (χ1) is 5.97. The van der Waals surface area contributed by atoms with E-state index in [-0.39, 0.29) is 6.15 Å². The Hall–Kier alpha value is -2.58. The van der Waals surface area contributed by atoms with Gasteiger partial charge in [0.15, 0.2) is 0 Å². The molecule has 0 radical (unpaired) electrons. The van der Waals surface area contributed by atoms with Gasteiger partial charge in [-0.05, 0) is 0 Å². The molecule has 0 aromatic heterocycles. The van der Waals surface area contributed by atoms with Crippen LogP contribution in [0.25, 0.3) is 0 Å². The molecular weight excluding hydrogens is 226 g/mol. The van der Waals surface area contributed by atoms with Gasteiger partial charge in [-0.25, -0.2) is 0 Å². The minimum absolute atomic E-state index is 0. The molecule has 0 aromatic carbocycles. The van der Waals surface area contributed by atoms with Crippen LogP contribution in [0.1, 0.15) is 0 Å². The molecule has 0 aliphatic carbocycles. The monoisotopic (exact) mass is 230 g/mol. The van der Waals surface area contributed by atoms with Crippen molar-refractivity contribution in [3.05, 3.63) is 0 Å². The van der Waals surface area contributed by atoms with Crippen molar-refractivity contribution >= 4 is 0 Å². The fraction of sp³-hybridized carbons (Fsp3) is 0. The summed E-state index contributed by atoms with van der Waals surface area (Å²) in [5.41, 5.74) is 0. The van der Waals surface area contributed by atoms with Crippen LogP contribution in [-0.4, -0.2) is 0 Å². The minimum Gasteiger partial charge on any atom is -0.369 e. The topological polar surface area (TPSA) is 179 Å². The smallest absolute Gasteiger partial charge is 0.369 e. The molecule has 0 rings (SSSR count). The van der Waals surface area contributed by atoms with Crippen molar-refractivity contribution in [1.82, 2.24) is 6.15 Å². The van der Waals surface area contributed by atoms with Crippen LogP contribution in [0.2, 0.25) is 0 Å². The summed E-state index contributed by atoms with van der Waals surface area (Å²) in [4.78, 5) is 6.19. The second-order valence-corrected chi connectivity index (χ2v) is 7.42. The number of hydrogen-bond acceptors (Lipinski definition) is 6. The van der Waals surface area contributed by atoms with Crippen molar-refractivity contribution < 1.29 is 10.7 Å². The number of quaternary nitrogens is 1. The summed E-state index contributed by atoms with van der Waals surface area (Å²) in [6.07, 6.45) is 0. The van der Waals surface area contributed by atoms with E-state index >= 15 is 0 Å². The molecule has 14 heavy (non-hydrogen) atoms. The van der Waals surface area contributed by atoms with Crippen LogP contribution in [0.5, 0.6) is 0 Å². The minimum atomic E-state index is -6.17. The van der Waals surface area contributed by atoms with Gasteiger partial charge in [0.2, 0.25) is 0 Å². The molecular formula is C6H4FeN7. The van der Waals surface area contributed by atoms with Crippen molar-refractivity contribution in [2.75, 3.05) is 0 Å². The average Bonchev–Trinajstić information content (AvgIpc) is 2.26. The molecule has 7 nitrogen and oxygen atoms in total. The first-order valence-electron chi connectivity index (χ1n) is 2.40. The Morgan fingerprint density at radius 1 is 0.500 bits per heavy atom. The zero-order valence-electron chi connectivity index (χ0n) is 7.04. The molecule has 0 fully saturated rings. The van der Waals surface area contributed by atoms with Gasteiger partial charge < -0.3 is 6.15 Å². The normalized spacial score (nSPS) is 12.4. The van der Waals surface area contributed by atoms with Gasteiger partial charge in [0, 0.05) is 0 Å². The Labute approximate surface area is 78.7 Å². The SMILES string of the molecule is N#[C][Fe-]([C]#N)([C]#N)([C]#N)([C]#N)[C]#N.[NH4+]. The van der Waals surface area contributed by atoms with Gasteiger partial charge in [0.05, 0.1) is 0 Å². The summed E-state index contributed by atoms with van der Waals surface area (Å²) in [5, 5.41) is 51.5. The Bertz CT molecular complexity index is 388. The molecule has 0 saturated carbocycles. The molecule has 8 heteroatoms. The summed E-state index contributed by atoms with van der Waals surface area (Å²) in [5.74, 6) is 0. The fourth-order valence-electron chi connectivity index (χ4n) is 0.265. The number of rotatable bonds is 0. The Morgan fingerprint density at radius 2 is 0.643 bits per heavy atom. The second-order valence-electron chi connectivity index (χ2n) is 1.80. The second kappa shape index (κ2) is 2.72. The maximum absolute atomic E-state index is 8.58. The molecule has 0 bridgehead atoms. The van der Waals surface area contributed by atoms with Crippen LogP contribution in [0, 0.1) is 61.4 Å². The summed E-state index contributed by atoms with van der Waals surface area (Å²) in [6.45, 7) is 0. The summed E-state index contributed by atoms with van der Waals surface area (Å²) < 4.78 is 0. The number of hydrogen-bond donors (Lipinski definition) is 1. The van der Waals surface area contributed by atoms with E-state index in [1.165, 1.54) is 0 Å². The molecule has 0 aliphatic heterocycles. The Kier molecular flexibility index (Phi) is 2.72. The van der Waals surface area contributed by atoms with E-state index in [0.717, 1.165) is 29.8 Å². The zero-order chi connectivity index (χ0) is 10.7.